The molecule has 2 aliphatic rings. The quantitative estimate of drug-likeness (QED) is 0.773. The number of carbonyl (C=O) groups is 1. The molecule has 0 saturated heterocycles. The first-order valence-electron chi connectivity index (χ1n) is 7.89. The third-order valence-corrected chi connectivity index (χ3v) is 4.85. The third-order valence-electron chi connectivity index (χ3n) is 4.85. The molecule has 1 N–H and O–H groups in total. The molecule has 2 aliphatic carbocycles. The molecule has 0 aromatic heterocycles. The fourth-order valence-corrected chi connectivity index (χ4v) is 3.59. The van der Waals surface area contributed by atoms with E-state index in [4.69, 9.17) is 5.11 Å². The van der Waals surface area contributed by atoms with Gasteiger partial charge in [0.15, 0.2) is 0 Å². The molecule has 2 rings (SSSR count). The van der Waals surface area contributed by atoms with Gasteiger partial charge >= 0.3 is 5.97 Å². The van der Waals surface area contributed by atoms with Gasteiger partial charge in [0.25, 0.3) is 0 Å². The van der Waals surface area contributed by atoms with Gasteiger partial charge in [-0.15, -0.1) is 0 Å². The van der Waals surface area contributed by atoms with Gasteiger partial charge in [0.05, 0.1) is 5.92 Å². The largest absolute Gasteiger partial charge is 0.481 e. The van der Waals surface area contributed by atoms with Crippen molar-refractivity contribution in [3.8, 4) is 0 Å². The topological polar surface area (TPSA) is 37.3 Å². The highest BCUT2D eigenvalue weighted by atomic mass is 16.4. The van der Waals surface area contributed by atoms with Crippen LogP contribution in [0.15, 0.2) is 0 Å². The lowest BCUT2D eigenvalue weighted by atomic mass is 9.69. The number of carboxylic acids is 1. The SMILES string of the molecule is CC.CC1CCC(C2CCC(C(=O)O)CC2)CC1. The lowest BCUT2D eigenvalue weighted by molar-refractivity contribution is -0.143. The van der Waals surface area contributed by atoms with E-state index in [2.05, 4.69) is 6.92 Å². The molecule has 0 aromatic rings. The van der Waals surface area contributed by atoms with E-state index >= 15 is 0 Å². The van der Waals surface area contributed by atoms with Crippen LogP contribution in [0.5, 0.6) is 0 Å². The summed E-state index contributed by atoms with van der Waals surface area (Å²) in [5.41, 5.74) is 0. The van der Waals surface area contributed by atoms with Crippen molar-refractivity contribution in [2.75, 3.05) is 0 Å². The minimum atomic E-state index is -0.573. The Kier molecular flexibility index (Phi) is 6.73. The summed E-state index contributed by atoms with van der Waals surface area (Å²) < 4.78 is 0. The van der Waals surface area contributed by atoms with Crippen molar-refractivity contribution in [3.05, 3.63) is 0 Å². The second-order valence-corrected chi connectivity index (χ2v) is 5.97. The van der Waals surface area contributed by atoms with E-state index in [0.29, 0.717) is 0 Å². The first-order valence-corrected chi connectivity index (χ1v) is 7.89. The molecule has 2 saturated carbocycles. The van der Waals surface area contributed by atoms with E-state index in [0.717, 1.165) is 43.4 Å². The highest BCUT2D eigenvalue weighted by Gasteiger charge is 2.31. The standard InChI is InChI=1S/C14H24O2.C2H6/c1-10-2-4-11(5-3-10)12-6-8-13(9-7-12)14(15)16;1-2/h10-13H,2-9H2,1H3,(H,15,16);1-2H3. The summed E-state index contributed by atoms with van der Waals surface area (Å²) in [6.45, 7) is 6.36. The summed E-state index contributed by atoms with van der Waals surface area (Å²) in [5, 5.41) is 8.97. The Bertz CT molecular complexity index is 233. The number of hydrogen-bond donors (Lipinski definition) is 1. The fourth-order valence-electron chi connectivity index (χ4n) is 3.59. The minimum Gasteiger partial charge on any atom is -0.481 e. The van der Waals surface area contributed by atoms with Crippen molar-refractivity contribution in [2.24, 2.45) is 23.7 Å². The lowest BCUT2D eigenvalue weighted by Crippen LogP contribution is -2.27. The van der Waals surface area contributed by atoms with Gasteiger partial charge in [-0.3, -0.25) is 4.79 Å². The van der Waals surface area contributed by atoms with Gasteiger partial charge in [0.2, 0.25) is 0 Å². The minimum absolute atomic E-state index is 0.0428. The molecule has 0 radical (unpaired) electrons. The number of rotatable bonds is 2. The average molecular weight is 254 g/mol. The van der Waals surface area contributed by atoms with Crippen molar-refractivity contribution in [3.63, 3.8) is 0 Å². The van der Waals surface area contributed by atoms with Crippen LogP contribution in [0.3, 0.4) is 0 Å². The molecule has 2 heteroatoms. The summed E-state index contributed by atoms with van der Waals surface area (Å²) in [7, 11) is 0. The van der Waals surface area contributed by atoms with Crippen molar-refractivity contribution < 1.29 is 9.90 Å². The zero-order valence-corrected chi connectivity index (χ0v) is 12.3. The maximum atomic E-state index is 10.9. The van der Waals surface area contributed by atoms with Crippen LogP contribution in [-0.4, -0.2) is 11.1 Å². The van der Waals surface area contributed by atoms with Crippen LogP contribution in [0.25, 0.3) is 0 Å². The first-order chi connectivity index (χ1) is 8.66. The molecule has 0 bridgehead atoms. The highest BCUT2D eigenvalue weighted by Crippen LogP contribution is 2.41. The molecule has 0 aromatic carbocycles. The Balaban J connectivity index is 0.000000771. The Morgan fingerprint density at radius 1 is 0.833 bits per heavy atom. The molecule has 0 unspecified atom stereocenters. The van der Waals surface area contributed by atoms with Crippen LogP contribution in [0.1, 0.15) is 72.1 Å². The van der Waals surface area contributed by atoms with Gasteiger partial charge in [-0.1, -0.05) is 33.6 Å². The van der Waals surface area contributed by atoms with Crippen LogP contribution in [0.4, 0.5) is 0 Å². The predicted octanol–water partition coefficient (Wildman–Crippen LogP) is 4.73. The van der Waals surface area contributed by atoms with E-state index in [1.54, 1.807) is 0 Å². The Hall–Kier alpha value is -0.530. The summed E-state index contributed by atoms with van der Waals surface area (Å²) in [6, 6.07) is 0. The van der Waals surface area contributed by atoms with Gasteiger partial charge in [-0.05, 0) is 56.3 Å². The first kappa shape index (κ1) is 15.5. The fraction of sp³-hybridized carbons (Fsp3) is 0.938. The van der Waals surface area contributed by atoms with Crippen LogP contribution in [-0.2, 0) is 4.79 Å². The number of hydrogen-bond acceptors (Lipinski definition) is 1. The van der Waals surface area contributed by atoms with Crippen molar-refractivity contribution in [2.45, 2.75) is 72.1 Å². The summed E-state index contributed by atoms with van der Waals surface area (Å²) in [4.78, 5) is 10.9. The van der Waals surface area contributed by atoms with E-state index in [9.17, 15) is 4.79 Å². The lowest BCUT2D eigenvalue weighted by Gasteiger charge is -2.36. The van der Waals surface area contributed by atoms with E-state index < -0.39 is 5.97 Å². The second-order valence-electron chi connectivity index (χ2n) is 5.97. The molecule has 0 aliphatic heterocycles. The Morgan fingerprint density at radius 3 is 1.61 bits per heavy atom. The molecule has 2 fully saturated rings. The van der Waals surface area contributed by atoms with E-state index in [1.165, 1.54) is 25.7 Å². The summed E-state index contributed by atoms with van der Waals surface area (Å²) >= 11 is 0. The molecule has 18 heavy (non-hydrogen) atoms. The Morgan fingerprint density at radius 2 is 1.22 bits per heavy atom. The average Bonchev–Trinajstić information content (AvgIpc) is 2.42. The van der Waals surface area contributed by atoms with Gasteiger partial charge in [0.1, 0.15) is 0 Å². The zero-order chi connectivity index (χ0) is 13.5. The molecule has 2 nitrogen and oxygen atoms in total. The van der Waals surface area contributed by atoms with Crippen molar-refractivity contribution >= 4 is 5.97 Å². The van der Waals surface area contributed by atoms with E-state index in [1.807, 2.05) is 13.8 Å². The van der Waals surface area contributed by atoms with Gasteiger partial charge in [-0.2, -0.15) is 0 Å². The smallest absolute Gasteiger partial charge is 0.306 e. The van der Waals surface area contributed by atoms with Gasteiger partial charge in [-0.25, -0.2) is 0 Å². The normalized spacial score (nSPS) is 36.4. The molecular formula is C16H30O2. The molecular weight excluding hydrogens is 224 g/mol. The van der Waals surface area contributed by atoms with Gasteiger partial charge in [0, 0.05) is 0 Å². The maximum absolute atomic E-state index is 10.9. The summed E-state index contributed by atoms with van der Waals surface area (Å²) in [6.07, 6.45) is 9.74. The van der Waals surface area contributed by atoms with Crippen LogP contribution in [0, 0.1) is 23.7 Å². The third kappa shape index (κ3) is 4.29. The van der Waals surface area contributed by atoms with Crippen molar-refractivity contribution in [1.29, 1.82) is 0 Å². The summed E-state index contributed by atoms with van der Waals surface area (Å²) in [5.74, 6) is 2.05. The predicted molar refractivity (Wildman–Crippen MR) is 75.6 cm³/mol. The van der Waals surface area contributed by atoms with Crippen molar-refractivity contribution in [1.82, 2.24) is 0 Å². The molecule has 0 atom stereocenters. The molecule has 0 spiro atoms. The molecule has 0 heterocycles. The monoisotopic (exact) mass is 254 g/mol. The van der Waals surface area contributed by atoms with E-state index in [-0.39, 0.29) is 5.92 Å². The second kappa shape index (κ2) is 7.81. The molecule has 106 valence electrons. The van der Waals surface area contributed by atoms with Crippen LogP contribution in [0.2, 0.25) is 0 Å². The number of carboxylic acid groups (broad SMARTS) is 1. The highest BCUT2D eigenvalue weighted by molar-refractivity contribution is 5.69. The zero-order valence-electron chi connectivity index (χ0n) is 12.3. The van der Waals surface area contributed by atoms with Crippen LogP contribution >= 0.6 is 0 Å². The molecule has 0 amide bonds. The van der Waals surface area contributed by atoms with Crippen LogP contribution < -0.4 is 0 Å². The Labute approximate surface area is 112 Å². The maximum Gasteiger partial charge on any atom is 0.306 e. The number of aliphatic carboxylic acids is 1. The van der Waals surface area contributed by atoms with Gasteiger partial charge < -0.3 is 5.11 Å².